The third-order valence-electron chi connectivity index (χ3n) is 3.44. The zero-order valence-electron chi connectivity index (χ0n) is 11.2. The van der Waals surface area contributed by atoms with Crippen molar-refractivity contribution in [2.75, 3.05) is 19.8 Å². The largest absolute Gasteiger partial charge is 0.377 e. The molecule has 1 fully saturated rings. The van der Waals surface area contributed by atoms with Gasteiger partial charge in [-0.3, -0.25) is 4.79 Å². The maximum absolute atomic E-state index is 12.1. The number of nitrogens with zero attached hydrogens (tertiary/aromatic N) is 1. The van der Waals surface area contributed by atoms with E-state index in [2.05, 4.69) is 31.2 Å². The molecule has 2 rings (SSSR count). The van der Waals surface area contributed by atoms with Gasteiger partial charge in [0, 0.05) is 13.0 Å². The van der Waals surface area contributed by atoms with Crippen LogP contribution in [0.25, 0.3) is 0 Å². The number of benzene rings is 1. The van der Waals surface area contributed by atoms with Gasteiger partial charge >= 0.3 is 0 Å². The van der Waals surface area contributed by atoms with Crippen LogP contribution in [0.2, 0.25) is 0 Å². The first-order chi connectivity index (χ1) is 8.66. The zero-order valence-corrected chi connectivity index (χ0v) is 11.2. The van der Waals surface area contributed by atoms with Gasteiger partial charge in [-0.15, -0.1) is 0 Å². The van der Waals surface area contributed by atoms with Gasteiger partial charge in [0.25, 0.3) is 0 Å². The van der Waals surface area contributed by atoms with Crippen LogP contribution in [0.4, 0.5) is 0 Å². The number of rotatable bonds is 3. The maximum Gasteiger partial charge on any atom is 0.223 e. The third-order valence-corrected chi connectivity index (χ3v) is 3.44. The summed E-state index contributed by atoms with van der Waals surface area (Å²) in [5.74, 6) is 0.242. The van der Waals surface area contributed by atoms with E-state index in [9.17, 15) is 4.79 Å². The van der Waals surface area contributed by atoms with Crippen molar-refractivity contribution in [1.82, 2.24) is 4.90 Å². The monoisotopic (exact) mass is 247 g/mol. The van der Waals surface area contributed by atoms with Crippen molar-refractivity contribution < 1.29 is 9.53 Å². The molecule has 0 aliphatic carbocycles. The Balaban J connectivity index is 1.85. The Hall–Kier alpha value is -1.35. The highest BCUT2D eigenvalue weighted by Gasteiger charge is 2.22. The molecule has 0 N–H and O–H groups in total. The average molecular weight is 247 g/mol. The number of morpholine rings is 1. The normalized spacial score (nSPS) is 19.9. The summed E-state index contributed by atoms with van der Waals surface area (Å²) in [5.41, 5.74) is 2.49. The van der Waals surface area contributed by atoms with Crippen molar-refractivity contribution in [1.29, 1.82) is 0 Å². The summed E-state index contributed by atoms with van der Waals surface area (Å²) in [4.78, 5) is 14.1. The molecule has 0 aromatic heterocycles. The Morgan fingerprint density at radius 3 is 2.78 bits per heavy atom. The first-order valence-corrected chi connectivity index (χ1v) is 6.59. The molecule has 0 saturated carbocycles. The van der Waals surface area contributed by atoms with Crippen LogP contribution in [0.5, 0.6) is 0 Å². The molecule has 18 heavy (non-hydrogen) atoms. The van der Waals surface area contributed by atoms with E-state index >= 15 is 0 Å². The number of hydrogen-bond donors (Lipinski definition) is 0. The maximum atomic E-state index is 12.1. The summed E-state index contributed by atoms with van der Waals surface area (Å²) in [5, 5.41) is 0. The Morgan fingerprint density at radius 1 is 1.39 bits per heavy atom. The van der Waals surface area contributed by atoms with Crippen LogP contribution in [-0.4, -0.2) is 36.6 Å². The predicted octanol–water partition coefficient (Wildman–Crippen LogP) is 2.17. The molecule has 98 valence electrons. The molecule has 0 unspecified atom stereocenters. The number of hydrogen-bond acceptors (Lipinski definition) is 2. The van der Waals surface area contributed by atoms with Gasteiger partial charge in [0.2, 0.25) is 5.91 Å². The Bertz CT molecular complexity index is 399. The molecule has 1 aromatic rings. The summed E-state index contributed by atoms with van der Waals surface area (Å²) in [7, 11) is 0. The van der Waals surface area contributed by atoms with Gasteiger partial charge in [-0.25, -0.2) is 0 Å². The van der Waals surface area contributed by atoms with E-state index in [-0.39, 0.29) is 11.9 Å². The molecule has 0 spiro atoms. The lowest BCUT2D eigenvalue weighted by atomic mass is 10.1. The minimum Gasteiger partial charge on any atom is -0.377 e. The lowest BCUT2D eigenvalue weighted by Crippen LogP contribution is -2.47. The number of carbonyl (C=O) groups is 1. The van der Waals surface area contributed by atoms with Crippen molar-refractivity contribution >= 4 is 5.91 Å². The fourth-order valence-electron chi connectivity index (χ4n) is 2.25. The molecular weight excluding hydrogens is 226 g/mol. The Morgan fingerprint density at radius 2 is 2.11 bits per heavy atom. The van der Waals surface area contributed by atoms with Crippen LogP contribution < -0.4 is 0 Å². The van der Waals surface area contributed by atoms with Crippen LogP contribution in [0.3, 0.4) is 0 Å². The SMILES string of the molecule is Cc1ccc(CCC(=O)N2CCOC[C@H]2C)cc1. The minimum absolute atomic E-state index is 0.212. The second-order valence-corrected chi connectivity index (χ2v) is 5.00. The lowest BCUT2D eigenvalue weighted by molar-refractivity contribution is -0.139. The molecule has 1 aromatic carbocycles. The molecule has 0 bridgehead atoms. The minimum atomic E-state index is 0.212. The van der Waals surface area contributed by atoms with E-state index in [1.165, 1.54) is 11.1 Å². The smallest absolute Gasteiger partial charge is 0.223 e. The molecule has 3 heteroatoms. The zero-order chi connectivity index (χ0) is 13.0. The van der Waals surface area contributed by atoms with Gasteiger partial charge in [0.05, 0.1) is 19.3 Å². The summed E-state index contributed by atoms with van der Waals surface area (Å²) < 4.78 is 5.34. The summed E-state index contributed by atoms with van der Waals surface area (Å²) in [6.07, 6.45) is 1.41. The predicted molar refractivity (Wildman–Crippen MR) is 71.5 cm³/mol. The molecule has 1 heterocycles. The molecule has 1 aliphatic heterocycles. The average Bonchev–Trinajstić information content (AvgIpc) is 2.38. The van der Waals surface area contributed by atoms with Crippen molar-refractivity contribution in [2.24, 2.45) is 0 Å². The quantitative estimate of drug-likeness (QED) is 0.819. The van der Waals surface area contributed by atoms with E-state index in [0.717, 1.165) is 13.0 Å². The number of carbonyl (C=O) groups excluding carboxylic acids is 1. The van der Waals surface area contributed by atoms with Crippen LogP contribution >= 0.6 is 0 Å². The van der Waals surface area contributed by atoms with E-state index in [4.69, 9.17) is 4.74 Å². The topological polar surface area (TPSA) is 29.5 Å². The van der Waals surface area contributed by atoms with Gasteiger partial charge in [0.1, 0.15) is 0 Å². The van der Waals surface area contributed by atoms with Gasteiger partial charge in [-0.1, -0.05) is 29.8 Å². The van der Waals surface area contributed by atoms with E-state index in [0.29, 0.717) is 19.6 Å². The summed E-state index contributed by atoms with van der Waals surface area (Å²) >= 11 is 0. The summed E-state index contributed by atoms with van der Waals surface area (Å²) in [6.45, 7) is 6.18. The van der Waals surface area contributed by atoms with Crippen LogP contribution in [0.1, 0.15) is 24.5 Å². The van der Waals surface area contributed by atoms with E-state index < -0.39 is 0 Å². The molecule has 1 aliphatic rings. The highest BCUT2D eigenvalue weighted by Crippen LogP contribution is 2.11. The van der Waals surface area contributed by atoms with Crippen LogP contribution in [0.15, 0.2) is 24.3 Å². The van der Waals surface area contributed by atoms with Crippen molar-refractivity contribution in [3.8, 4) is 0 Å². The van der Waals surface area contributed by atoms with E-state index in [1.807, 2.05) is 11.8 Å². The van der Waals surface area contributed by atoms with Crippen molar-refractivity contribution in [3.05, 3.63) is 35.4 Å². The first-order valence-electron chi connectivity index (χ1n) is 6.59. The highest BCUT2D eigenvalue weighted by atomic mass is 16.5. The standard InChI is InChI=1S/C15H21NO2/c1-12-3-5-14(6-4-12)7-8-15(17)16-9-10-18-11-13(16)2/h3-6,13H,7-11H2,1-2H3/t13-/m1/s1. The number of ether oxygens (including phenoxy) is 1. The van der Waals surface area contributed by atoms with Crippen molar-refractivity contribution in [2.45, 2.75) is 32.7 Å². The van der Waals surface area contributed by atoms with Crippen LogP contribution in [0, 0.1) is 6.92 Å². The van der Waals surface area contributed by atoms with Gasteiger partial charge < -0.3 is 9.64 Å². The molecule has 1 atom stereocenters. The molecule has 1 saturated heterocycles. The van der Waals surface area contributed by atoms with Crippen molar-refractivity contribution in [3.63, 3.8) is 0 Å². The highest BCUT2D eigenvalue weighted by molar-refractivity contribution is 5.76. The van der Waals surface area contributed by atoms with E-state index in [1.54, 1.807) is 0 Å². The Kier molecular flexibility index (Phi) is 4.37. The molecule has 0 radical (unpaired) electrons. The van der Waals surface area contributed by atoms with Gasteiger partial charge in [0.15, 0.2) is 0 Å². The van der Waals surface area contributed by atoms with Crippen LogP contribution in [-0.2, 0) is 16.0 Å². The first kappa shape index (κ1) is 13.1. The number of aryl methyl sites for hydroxylation is 2. The third kappa shape index (κ3) is 3.33. The second-order valence-electron chi connectivity index (χ2n) is 5.00. The van der Waals surface area contributed by atoms with Gasteiger partial charge in [-0.05, 0) is 25.8 Å². The molecular formula is C15H21NO2. The molecule has 3 nitrogen and oxygen atoms in total. The Labute approximate surface area is 109 Å². The fourth-order valence-corrected chi connectivity index (χ4v) is 2.25. The second kappa shape index (κ2) is 6.01. The lowest BCUT2D eigenvalue weighted by Gasteiger charge is -2.33. The van der Waals surface area contributed by atoms with Gasteiger partial charge in [-0.2, -0.15) is 0 Å². The number of amides is 1. The fraction of sp³-hybridized carbons (Fsp3) is 0.533. The summed E-state index contributed by atoms with van der Waals surface area (Å²) in [6, 6.07) is 8.61. The molecule has 1 amide bonds.